The summed E-state index contributed by atoms with van der Waals surface area (Å²) < 4.78 is 0. The molecule has 0 spiro atoms. The molecule has 4 aromatic rings. The van der Waals surface area contributed by atoms with Crippen LogP contribution in [0.25, 0.3) is 10.9 Å². The molecule has 2 N–H and O–H groups in total. The van der Waals surface area contributed by atoms with Crippen LogP contribution in [0.3, 0.4) is 0 Å². The van der Waals surface area contributed by atoms with Gasteiger partial charge in [-0.3, -0.25) is 9.69 Å². The molecular weight excluding hydrogens is 400 g/mol. The molecule has 1 unspecified atom stereocenters. The molecule has 0 aliphatic carbocycles. The number of aromatic nitrogens is 3. The van der Waals surface area contributed by atoms with Crippen LogP contribution in [0, 0.1) is 11.3 Å². The van der Waals surface area contributed by atoms with E-state index >= 15 is 0 Å². The van der Waals surface area contributed by atoms with Crippen molar-refractivity contribution in [3.05, 3.63) is 89.6 Å². The monoisotopic (exact) mass is 424 g/mol. The Morgan fingerprint density at radius 1 is 1.06 bits per heavy atom. The van der Waals surface area contributed by atoms with Gasteiger partial charge in [0.15, 0.2) is 0 Å². The lowest BCUT2D eigenvalue weighted by Gasteiger charge is -2.39. The molecular formula is C25H24N6O. The van der Waals surface area contributed by atoms with E-state index in [4.69, 9.17) is 5.26 Å². The number of benzene rings is 2. The number of aromatic amines is 2. The summed E-state index contributed by atoms with van der Waals surface area (Å²) in [6, 6.07) is 17.8. The highest BCUT2D eigenvalue weighted by Crippen LogP contribution is 2.26. The van der Waals surface area contributed by atoms with Gasteiger partial charge in [0, 0.05) is 55.0 Å². The van der Waals surface area contributed by atoms with Crippen LogP contribution >= 0.6 is 0 Å². The van der Waals surface area contributed by atoms with Crippen LogP contribution in [-0.2, 0) is 6.42 Å². The maximum Gasteiger partial charge on any atom is 0.254 e. The summed E-state index contributed by atoms with van der Waals surface area (Å²) in [5, 5.41) is 10.0. The topological polar surface area (TPSA) is 91.8 Å². The lowest BCUT2D eigenvalue weighted by atomic mass is 10.00. The summed E-state index contributed by atoms with van der Waals surface area (Å²) in [4.78, 5) is 28.2. The quantitative estimate of drug-likeness (QED) is 0.513. The maximum atomic E-state index is 13.2. The normalized spacial score (nSPS) is 15.5. The number of hydrogen-bond acceptors (Lipinski definition) is 4. The van der Waals surface area contributed by atoms with Crippen LogP contribution < -0.4 is 0 Å². The molecule has 1 aliphatic heterocycles. The highest BCUT2D eigenvalue weighted by atomic mass is 16.2. The third-order valence-electron chi connectivity index (χ3n) is 6.26. The van der Waals surface area contributed by atoms with Gasteiger partial charge in [0.25, 0.3) is 5.91 Å². The number of carbonyl (C=O) groups excluding carboxylic acids is 1. The predicted molar refractivity (Wildman–Crippen MR) is 122 cm³/mol. The van der Waals surface area contributed by atoms with Gasteiger partial charge in [0.2, 0.25) is 0 Å². The molecule has 7 heteroatoms. The largest absolute Gasteiger partial charge is 0.361 e. The number of H-pyrrole nitrogens is 2. The zero-order valence-corrected chi connectivity index (χ0v) is 17.7. The van der Waals surface area contributed by atoms with Gasteiger partial charge >= 0.3 is 0 Å². The van der Waals surface area contributed by atoms with Crippen LogP contribution in [0.4, 0.5) is 0 Å². The molecule has 160 valence electrons. The second kappa shape index (κ2) is 8.69. The lowest BCUT2D eigenvalue weighted by Crippen LogP contribution is -2.50. The van der Waals surface area contributed by atoms with Gasteiger partial charge < -0.3 is 14.9 Å². The first-order valence-electron chi connectivity index (χ1n) is 10.8. The lowest BCUT2D eigenvalue weighted by molar-refractivity contribution is 0.0564. The van der Waals surface area contributed by atoms with Crippen LogP contribution in [0.2, 0.25) is 0 Å². The first kappa shape index (κ1) is 20.0. The number of amides is 1. The van der Waals surface area contributed by atoms with Gasteiger partial charge in [-0.15, -0.1) is 0 Å². The Labute approximate surface area is 186 Å². The van der Waals surface area contributed by atoms with Crippen molar-refractivity contribution in [2.45, 2.75) is 12.5 Å². The second-order valence-electron chi connectivity index (χ2n) is 8.11. The van der Waals surface area contributed by atoms with Crippen molar-refractivity contribution < 1.29 is 4.79 Å². The van der Waals surface area contributed by atoms with E-state index in [9.17, 15) is 4.79 Å². The number of imidazole rings is 1. The highest BCUT2D eigenvalue weighted by Gasteiger charge is 2.29. The fourth-order valence-electron chi connectivity index (χ4n) is 4.50. The van der Waals surface area contributed by atoms with Crippen molar-refractivity contribution in [3.8, 4) is 6.07 Å². The minimum atomic E-state index is 0.0834. The van der Waals surface area contributed by atoms with E-state index in [1.54, 1.807) is 6.33 Å². The fraction of sp³-hybridized carbons (Fsp3) is 0.240. The van der Waals surface area contributed by atoms with Gasteiger partial charge in [0.05, 0.1) is 29.7 Å². The van der Waals surface area contributed by atoms with Crippen molar-refractivity contribution in [1.29, 1.82) is 5.26 Å². The number of nitrogens with zero attached hydrogens (tertiary/aromatic N) is 4. The third-order valence-corrected chi connectivity index (χ3v) is 6.26. The molecule has 3 heterocycles. The van der Waals surface area contributed by atoms with Crippen LogP contribution in [0.5, 0.6) is 0 Å². The zero-order chi connectivity index (χ0) is 21.9. The molecule has 2 aromatic carbocycles. The number of carbonyl (C=O) groups is 1. The molecule has 2 aromatic heterocycles. The molecule has 0 bridgehead atoms. The van der Waals surface area contributed by atoms with Gasteiger partial charge in [0.1, 0.15) is 0 Å². The first-order chi connectivity index (χ1) is 15.7. The van der Waals surface area contributed by atoms with Crippen molar-refractivity contribution in [2.24, 2.45) is 0 Å². The summed E-state index contributed by atoms with van der Waals surface area (Å²) >= 11 is 0. The third kappa shape index (κ3) is 3.88. The number of piperazine rings is 1. The molecule has 0 radical (unpaired) electrons. The molecule has 7 nitrogen and oxygen atoms in total. The SMILES string of the molecule is N#Cc1ccc(CC(c2cnc[nH]2)N2CCN(C(=O)c3cccc4[nH]ccc34)CC2)cc1. The van der Waals surface area contributed by atoms with Crippen molar-refractivity contribution in [3.63, 3.8) is 0 Å². The summed E-state index contributed by atoms with van der Waals surface area (Å²) in [5.41, 5.74) is 4.62. The smallest absolute Gasteiger partial charge is 0.254 e. The molecule has 1 saturated heterocycles. The van der Waals surface area contributed by atoms with Gasteiger partial charge in [-0.25, -0.2) is 4.98 Å². The molecule has 32 heavy (non-hydrogen) atoms. The van der Waals surface area contributed by atoms with Gasteiger partial charge in [-0.2, -0.15) is 5.26 Å². The van der Waals surface area contributed by atoms with Gasteiger partial charge in [-0.05, 0) is 42.3 Å². The Bertz CT molecular complexity index is 1240. The summed E-state index contributed by atoms with van der Waals surface area (Å²) in [6.45, 7) is 2.93. The highest BCUT2D eigenvalue weighted by molar-refractivity contribution is 6.06. The second-order valence-corrected chi connectivity index (χ2v) is 8.11. The van der Waals surface area contributed by atoms with Crippen molar-refractivity contribution in [1.82, 2.24) is 24.8 Å². The first-order valence-corrected chi connectivity index (χ1v) is 10.8. The fourth-order valence-corrected chi connectivity index (χ4v) is 4.50. The van der Waals surface area contributed by atoms with Crippen LogP contribution in [0.1, 0.15) is 33.2 Å². The summed E-state index contributed by atoms with van der Waals surface area (Å²) in [7, 11) is 0. The zero-order valence-electron chi connectivity index (χ0n) is 17.7. The number of fused-ring (bicyclic) bond motifs is 1. The van der Waals surface area contributed by atoms with E-state index in [1.165, 1.54) is 5.56 Å². The number of rotatable bonds is 5. The molecule has 1 aliphatic rings. The minimum Gasteiger partial charge on any atom is -0.361 e. The Kier molecular flexibility index (Phi) is 5.44. The summed E-state index contributed by atoms with van der Waals surface area (Å²) in [5.74, 6) is 0.0834. The van der Waals surface area contributed by atoms with Crippen LogP contribution in [0.15, 0.2) is 67.3 Å². The van der Waals surface area contributed by atoms with Crippen molar-refractivity contribution >= 4 is 16.8 Å². The van der Waals surface area contributed by atoms with E-state index in [1.807, 2.05) is 65.8 Å². The minimum absolute atomic E-state index is 0.0834. The van der Waals surface area contributed by atoms with E-state index in [-0.39, 0.29) is 11.9 Å². The number of nitrogens with one attached hydrogen (secondary N) is 2. The number of hydrogen-bond donors (Lipinski definition) is 2. The van der Waals surface area contributed by atoms with E-state index < -0.39 is 0 Å². The molecule has 0 saturated carbocycles. The van der Waals surface area contributed by atoms with E-state index in [0.717, 1.165) is 41.7 Å². The Balaban J connectivity index is 1.30. The molecule has 5 rings (SSSR count). The average Bonchev–Trinajstić information content (AvgIpc) is 3.55. The standard InChI is InChI=1S/C25H24N6O/c26-15-19-6-4-18(5-7-19)14-24(23-16-27-17-29-23)30-10-12-31(13-11-30)25(32)21-2-1-3-22-20(21)8-9-28-22/h1-9,16-17,24,28H,10-14H2,(H,27,29). The maximum absolute atomic E-state index is 13.2. The molecule has 1 atom stereocenters. The van der Waals surface area contributed by atoms with Gasteiger partial charge in [-0.1, -0.05) is 18.2 Å². The summed E-state index contributed by atoms with van der Waals surface area (Å²) in [6.07, 6.45) is 6.26. The Morgan fingerprint density at radius 2 is 1.88 bits per heavy atom. The Hall–Kier alpha value is -3.89. The number of nitriles is 1. The Morgan fingerprint density at radius 3 is 2.59 bits per heavy atom. The van der Waals surface area contributed by atoms with E-state index in [2.05, 4.69) is 25.9 Å². The predicted octanol–water partition coefficient (Wildman–Crippen LogP) is 3.50. The molecule has 1 amide bonds. The molecule has 1 fully saturated rings. The van der Waals surface area contributed by atoms with Crippen molar-refractivity contribution in [2.75, 3.05) is 26.2 Å². The van der Waals surface area contributed by atoms with Crippen LogP contribution in [-0.4, -0.2) is 56.8 Å². The average molecular weight is 425 g/mol. The van der Waals surface area contributed by atoms with E-state index in [0.29, 0.717) is 18.7 Å².